The molecule has 0 saturated carbocycles. The van der Waals surface area contributed by atoms with E-state index in [1.807, 2.05) is 29.7 Å². The van der Waals surface area contributed by atoms with E-state index in [2.05, 4.69) is 10.4 Å². The summed E-state index contributed by atoms with van der Waals surface area (Å²) in [4.78, 5) is 30.3. The van der Waals surface area contributed by atoms with Gasteiger partial charge in [-0.1, -0.05) is 23.7 Å². The summed E-state index contributed by atoms with van der Waals surface area (Å²) >= 11 is 7.49. The topological polar surface area (TPSA) is 90.0 Å². The fourth-order valence-electron chi connectivity index (χ4n) is 3.35. The highest BCUT2D eigenvalue weighted by Gasteiger charge is 2.32. The van der Waals surface area contributed by atoms with Crippen LogP contribution in [0.2, 0.25) is 5.15 Å². The van der Waals surface area contributed by atoms with Gasteiger partial charge >= 0.3 is 5.97 Å². The molecule has 0 saturated heterocycles. The average Bonchev–Trinajstić information content (AvgIpc) is 3.52. The van der Waals surface area contributed by atoms with Crippen molar-refractivity contribution < 1.29 is 23.8 Å². The van der Waals surface area contributed by atoms with Gasteiger partial charge in [0, 0.05) is 6.20 Å². The second-order valence-electron chi connectivity index (χ2n) is 6.91. The van der Waals surface area contributed by atoms with Gasteiger partial charge < -0.3 is 14.2 Å². The number of esters is 1. The van der Waals surface area contributed by atoms with Gasteiger partial charge in [0.2, 0.25) is 0 Å². The number of rotatable bonds is 7. The van der Waals surface area contributed by atoms with E-state index < -0.39 is 24.5 Å². The SMILES string of the molecule is COc1ccc([C@H]2C=C(c3cccs3)NN2C(=O)COC(=O)c2cccnc2Cl)cc1OC. The Labute approximate surface area is 199 Å². The number of aromatic nitrogens is 1. The molecule has 3 aromatic rings. The van der Waals surface area contributed by atoms with Crippen LogP contribution in [0.5, 0.6) is 11.5 Å². The van der Waals surface area contributed by atoms with E-state index in [4.69, 9.17) is 25.8 Å². The highest BCUT2D eigenvalue weighted by atomic mass is 35.5. The van der Waals surface area contributed by atoms with Gasteiger partial charge in [0.25, 0.3) is 5.91 Å². The molecule has 0 fully saturated rings. The van der Waals surface area contributed by atoms with E-state index in [9.17, 15) is 9.59 Å². The van der Waals surface area contributed by atoms with E-state index in [0.717, 1.165) is 16.1 Å². The van der Waals surface area contributed by atoms with Crippen molar-refractivity contribution in [1.29, 1.82) is 0 Å². The minimum absolute atomic E-state index is 0.0131. The van der Waals surface area contributed by atoms with Crippen molar-refractivity contribution in [3.05, 3.63) is 81.3 Å². The summed E-state index contributed by atoms with van der Waals surface area (Å²) in [7, 11) is 3.11. The molecule has 1 amide bonds. The van der Waals surface area contributed by atoms with Gasteiger partial charge in [-0.3, -0.25) is 10.2 Å². The molecule has 0 spiro atoms. The van der Waals surface area contributed by atoms with Crippen LogP contribution >= 0.6 is 22.9 Å². The minimum Gasteiger partial charge on any atom is -0.493 e. The Kier molecular flexibility index (Phi) is 6.81. The van der Waals surface area contributed by atoms with Crippen LogP contribution in [-0.2, 0) is 9.53 Å². The van der Waals surface area contributed by atoms with E-state index in [1.165, 1.54) is 17.3 Å². The number of hydrazine groups is 1. The normalized spacial score (nSPS) is 14.9. The molecule has 8 nitrogen and oxygen atoms in total. The highest BCUT2D eigenvalue weighted by molar-refractivity contribution is 7.11. The maximum absolute atomic E-state index is 13.1. The first-order chi connectivity index (χ1) is 16.0. The molecular formula is C23H20ClN3O5S. The molecule has 1 aliphatic heterocycles. The number of nitrogens with zero attached hydrogens (tertiary/aromatic N) is 2. The van der Waals surface area contributed by atoms with Crippen molar-refractivity contribution in [3.63, 3.8) is 0 Å². The molecule has 4 rings (SSSR count). The van der Waals surface area contributed by atoms with E-state index in [-0.39, 0.29) is 10.7 Å². The van der Waals surface area contributed by atoms with Crippen LogP contribution in [0.1, 0.15) is 26.8 Å². The lowest BCUT2D eigenvalue weighted by atomic mass is 10.0. The molecule has 1 aliphatic rings. The lowest BCUT2D eigenvalue weighted by molar-refractivity contribution is -0.137. The quantitative estimate of drug-likeness (QED) is 0.398. The lowest BCUT2D eigenvalue weighted by Gasteiger charge is -2.25. The zero-order valence-electron chi connectivity index (χ0n) is 17.8. The third kappa shape index (κ3) is 4.79. The Morgan fingerprint density at radius 2 is 1.97 bits per heavy atom. The number of carbonyl (C=O) groups is 2. The molecule has 2 aromatic heterocycles. The van der Waals surface area contributed by atoms with Crippen LogP contribution in [0.4, 0.5) is 0 Å². The molecule has 10 heteroatoms. The fraction of sp³-hybridized carbons (Fsp3) is 0.174. The molecular weight excluding hydrogens is 466 g/mol. The fourth-order valence-corrected chi connectivity index (χ4v) is 4.25. The molecule has 33 heavy (non-hydrogen) atoms. The van der Waals surface area contributed by atoms with Gasteiger partial charge in [-0.25, -0.2) is 14.8 Å². The molecule has 0 unspecified atom stereocenters. The van der Waals surface area contributed by atoms with E-state index >= 15 is 0 Å². The zero-order chi connectivity index (χ0) is 23.4. The summed E-state index contributed by atoms with van der Waals surface area (Å²) in [6, 6.07) is 11.9. The zero-order valence-corrected chi connectivity index (χ0v) is 19.4. The van der Waals surface area contributed by atoms with Gasteiger partial charge in [0.05, 0.1) is 36.4 Å². The lowest BCUT2D eigenvalue weighted by Crippen LogP contribution is -2.42. The smallest absolute Gasteiger partial charge is 0.341 e. The van der Waals surface area contributed by atoms with Crippen molar-refractivity contribution >= 4 is 40.5 Å². The summed E-state index contributed by atoms with van der Waals surface area (Å²) in [5, 5.41) is 3.39. The van der Waals surface area contributed by atoms with Crippen LogP contribution in [0.25, 0.3) is 5.70 Å². The van der Waals surface area contributed by atoms with Gasteiger partial charge in [0.15, 0.2) is 18.1 Å². The summed E-state index contributed by atoms with van der Waals surface area (Å²) in [6.07, 6.45) is 3.40. The van der Waals surface area contributed by atoms with Crippen LogP contribution in [0.3, 0.4) is 0 Å². The monoisotopic (exact) mass is 485 g/mol. The number of hydrogen-bond donors (Lipinski definition) is 1. The average molecular weight is 486 g/mol. The maximum Gasteiger partial charge on any atom is 0.341 e. The summed E-state index contributed by atoms with van der Waals surface area (Å²) in [6.45, 7) is -0.480. The highest BCUT2D eigenvalue weighted by Crippen LogP contribution is 2.37. The Morgan fingerprint density at radius 1 is 1.15 bits per heavy atom. The number of ether oxygens (including phenoxy) is 3. The van der Waals surface area contributed by atoms with Crippen molar-refractivity contribution in [2.24, 2.45) is 0 Å². The molecule has 1 N–H and O–H groups in total. The molecule has 0 bridgehead atoms. The van der Waals surface area contributed by atoms with E-state index in [1.54, 1.807) is 43.8 Å². The number of methoxy groups -OCH3 is 2. The number of pyridine rings is 1. The largest absolute Gasteiger partial charge is 0.493 e. The number of amides is 1. The third-order valence-corrected chi connectivity index (χ3v) is 6.16. The number of hydrogen-bond acceptors (Lipinski definition) is 8. The standard InChI is InChI=1S/C23H20ClN3O5S/c1-30-18-8-7-14(11-19(18)31-2)17-12-16(20-6-4-10-33-20)26-27(17)21(28)13-32-23(29)15-5-3-9-25-22(15)24/h3-12,17,26H,13H2,1-2H3/t17-/m1/s1. The first kappa shape index (κ1) is 22.6. The third-order valence-electron chi connectivity index (χ3n) is 4.95. The summed E-state index contributed by atoms with van der Waals surface area (Å²) < 4.78 is 15.9. The Hall–Kier alpha value is -3.56. The first-order valence-electron chi connectivity index (χ1n) is 9.85. The first-order valence-corrected chi connectivity index (χ1v) is 11.1. The molecule has 170 valence electrons. The molecule has 3 heterocycles. The van der Waals surface area contributed by atoms with Gasteiger partial charge in [-0.2, -0.15) is 0 Å². The number of thiophene rings is 1. The van der Waals surface area contributed by atoms with Crippen LogP contribution < -0.4 is 14.9 Å². The number of nitrogens with one attached hydrogen (secondary N) is 1. The predicted octanol–water partition coefficient (Wildman–Crippen LogP) is 4.10. The van der Waals surface area contributed by atoms with Crippen LogP contribution in [0.15, 0.2) is 60.1 Å². The minimum atomic E-state index is -0.727. The second-order valence-corrected chi connectivity index (χ2v) is 8.22. The summed E-state index contributed by atoms with van der Waals surface area (Å²) in [5.74, 6) is -0.0476. The molecule has 1 aromatic carbocycles. The van der Waals surface area contributed by atoms with Crippen molar-refractivity contribution in [2.45, 2.75) is 6.04 Å². The molecule has 1 atom stereocenters. The van der Waals surface area contributed by atoms with Gasteiger partial charge in [-0.15, -0.1) is 11.3 Å². The number of carbonyl (C=O) groups excluding carboxylic acids is 2. The summed E-state index contributed by atoms with van der Waals surface area (Å²) in [5.41, 5.74) is 4.80. The van der Waals surface area contributed by atoms with E-state index in [0.29, 0.717) is 11.5 Å². The Bertz CT molecular complexity index is 1200. The Balaban J connectivity index is 1.57. The van der Waals surface area contributed by atoms with Crippen molar-refractivity contribution in [1.82, 2.24) is 15.4 Å². The Morgan fingerprint density at radius 3 is 2.67 bits per heavy atom. The van der Waals surface area contributed by atoms with Gasteiger partial charge in [0.1, 0.15) is 5.15 Å². The second kappa shape index (κ2) is 9.93. The van der Waals surface area contributed by atoms with Crippen molar-refractivity contribution in [2.75, 3.05) is 20.8 Å². The van der Waals surface area contributed by atoms with Crippen LogP contribution in [-0.4, -0.2) is 42.7 Å². The predicted molar refractivity (Wildman–Crippen MR) is 124 cm³/mol. The van der Waals surface area contributed by atoms with Crippen LogP contribution in [0, 0.1) is 0 Å². The maximum atomic E-state index is 13.1. The van der Waals surface area contributed by atoms with Crippen molar-refractivity contribution in [3.8, 4) is 11.5 Å². The molecule has 0 aliphatic carbocycles. The van der Waals surface area contributed by atoms with Gasteiger partial charge in [-0.05, 0) is 47.4 Å². The number of halogens is 1. The molecule has 0 radical (unpaired) electrons. The number of benzene rings is 1.